The second-order valence-electron chi connectivity index (χ2n) is 2.98. The molecule has 1 heterocycles. The smallest absolute Gasteiger partial charge is 0.270 e. The van der Waals surface area contributed by atoms with Crippen LogP contribution in [-0.4, -0.2) is 29.4 Å². The first-order valence-corrected chi connectivity index (χ1v) is 6.04. The summed E-state index contributed by atoms with van der Waals surface area (Å²) in [7, 11) is -3.69. The van der Waals surface area contributed by atoms with Gasteiger partial charge in [0.1, 0.15) is 0 Å². The SMILES string of the molecule is CCCCS(=O)(=O)c1n[nH]c(=O)[nH]c1=O. The molecule has 0 fully saturated rings. The number of H-pyrrole nitrogens is 2. The Morgan fingerprint density at radius 1 is 1.33 bits per heavy atom. The average Bonchev–Trinajstić information content (AvgIpc) is 2.14. The predicted octanol–water partition coefficient (Wildman–Crippen LogP) is -0.968. The molecule has 15 heavy (non-hydrogen) atoms. The molecule has 0 unspecified atom stereocenters. The minimum atomic E-state index is -3.69. The highest BCUT2D eigenvalue weighted by atomic mass is 32.2. The summed E-state index contributed by atoms with van der Waals surface area (Å²) in [5.41, 5.74) is -1.80. The van der Waals surface area contributed by atoms with Crippen molar-refractivity contribution in [2.75, 3.05) is 5.75 Å². The van der Waals surface area contributed by atoms with Crippen molar-refractivity contribution >= 4 is 9.84 Å². The van der Waals surface area contributed by atoms with E-state index in [1.165, 1.54) is 0 Å². The topological polar surface area (TPSA) is 113 Å². The highest BCUT2D eigenvalue weighted by Crippen LogP contribution is 2.02. The van der Waals surface area contributed by atoms with E-state index in [2.05, 4.69) is 5.10 Å². The van der Waals surface area contributed by atoms with Crippen molar-refractivity contribution in [3.05, 3.63) is 20.8 Å². The molecule has 0 aliphatic heterocycles. The fraction of sp³-hybridized carbons (Fsp3) is 0.571. The number of rotatable bonds is 4. The molecule has 0 aliphatic rings. The number of aromatic nitrogens is 3. The molecule has 0 radical (unpaired) electrons. The second kappa shape index (κ2) is 4.39. The van der Waals surface area contributed by atoms with Crippen LogP contribution in [0.1, 0.15) is 19.8 Å². The first-order valence-electron chi connectivity index (χ1n) is 4.39. The Bertz CT molecular complexity index is 542. The monoisotopic (exact) mass is 233 g/mol. The molecule has 0 saturated carbocycles. The highest BCUT2D eigenvalue weighted by molar-refractivity contribution is 7.91. The predicted molar refractivity (Wildman–Crippen MR) is 52.4 cm³/mol. The molecule has 0 aliphatic carbocycles. The van der Waals surface area contributed by atoms with Gasteiger partial charge in [0, 0.05) is 0 Å². The number of hydrogen-bond donors (Lipinski definition) is 2. The summed E-state index contributed by atoms with van der Waals surface area (Å²) in [5.74, 6) is -0.147. The first-order chi connectivity index (χ1) is 6.97. The third kappa shape index (κ3) is 2.75. The third-order valence-electron chi connectivity index (χ3n) is 1.74. The number of nitrogens with zero attached hydrogens (tertiary/aromatic N) is 1. The molecule has 1 aromatic heterocycles. The van der Waals surface area contributed by atoms with Crippen molar-refractivity contribution in [2.45, 2.75) is 24.8 Å². The van der Waals surface area contributed by atoms with Crippen LogP contribution in [0.15, 0.2) is 14.6 Å². The number of aromatic amines is 2. The normalized spacial score (nSPS) is 11.5. The Kier molecular flexibility index (Phi) is 3.40. The molecule has 0 saturated heterocycles. The van der Waals surface area contributed by atoms with Crippen molar-refractivity contribution in [3.8, 4) is 0 Å². The summed E-state index contributed by atoms with van der Waals surface area (Å²) < 4.78 is 23.0. The van der Waals surface area contributed by atoms with Gasteiger partial charge in [-0.3, -0.25) is 9.78 Å². The molecule has 2 N–H and O–H groups in total. The lowest BCUT2D eigenvalue weighted by atomic mass is 10.4. The number of nitrogens with one attached hydrogen (secondary N) is 2. The van der Waals surface area contributed by atoms with Crippen LogP contribution in [0.4, 0.5) is 0 Å². The maximum Gasteiger partial charge on any atom is 0.342 e. The van der Waals surface area contributed by atoms with E-state index in [0.29, 0.717) is 12.8 Å². The van der Waals surface area contributed by atoms with Gasteiger partial charge in [0.05, 0.1) is 5.75 Å². The molecule has 0 spiro atoms. The Hall–Kier alpha value is -1.44. The summed E-state index contributed by atoms with van der Waals surface area (Å²) in [4.78, 5) is 23.6. The zero-order valence-electron chi connectivity index (χ0n) is 8.11. The van der Waals surface area contributed by atoms with Gasteiger partial charge >= 0.3 is 5.69 Å². The Morgan fingerprint density at radius 2 is 2.00 bits per heavy atom. The van der Waals surface area contributed by atoms with E-state index >= 15 is 0 Å². The summed E-state index contributed by atoms with van der Waals surface area (Å²) in [6.07, 6.45) is 1.14. The van der Waals surface area contributed by atoms with Crippen molar-refractivity contribution in [2.24, 2.45) is 0 Å². The van der Waals surface area contributed by atoms with E-state index in [9.17, 15) is 18.0 Å². The average molecular weight is 233 g/mol. The Balaban J connectivity index is 3.17. The summed E-state index contributed by atoms with van der Waals surface area (Å²) in [5, 5.41) is 4.49. The highest BCUT2D eigenvalue weighted by Gasteiger charge is 2.20. The van der Waals surface area contributed by atoms with E-state index in [1.54, 1.807) is 0 Å². The molecule has 0 amide bonds. The van der Waals surface area contributed by atoms with Crippen molar-refractivity contribution in [3.63, 3.8) is 0 Å². The van der Waals surface area contributed by atoms with Crippen LogP contribution in [0.3, 0.4) is 0 Å². The van der Waals surface area contributed by atoms with Crippen LogP contribution >= 0.6 is 0 Å². The standard InChI is InChI=1S/C7H11N3O4S/c1-2-3-4-15(13,14)6-5(11)8-7(12)10-9-6/h2-4H2,1H3,(H2,8,10,11,12). The van der Waals surface area contributed by atoms with Gasteiger partial charge in [-0.25, -0.2) is 18.3 Å². The molecule has 84 valence electrons. The van der Waals surface area contributed by atoms with Crippen LogP contribution in [0.25, 0.3) is 0 Å². The number of sulfone groups is 1. The van der Waals surface area contributed by atoms with Gasteiger partial charge in [0.25, 0.3) is 5.56 Å². The third-order valence-corrected chi connectivity index (χ3v) is 3.43. The van der Waals surface area contributed by atoms with Gasteiger partial charge in [-0.05, 0) is 6.42 Å². The molecule has 0 atom stereocenters. The second-order valence-corrected chi connectivity index (χ2v) is 5.01. The van der Waals surface area contributed by atoms with E-state index < -0.39 is 26.1 Å². The van der Waals surface area contributed by atoms with Gasteiger partial charge in [-0.2, -0.15) is 5.10 Å². The van der Waals surface area contributed by atoms with Crippen LogP contribution in [0.5, 0.6) is 0 Å². The lowest BCUT2D eigenvalue weighted by molar-refractivity contribution is 0.582. The van der Waals surface area contributed by atoms with E-state index in [-0.39, 0.29) is 5.75 Å². The van der Waals surface area contributed by atoms with Crippen LogP contribution < -0.4 is 11.2 Å². The summed E-state index contributed by atoms with van der Waals surface area (Å²) in [6, 6.07) is 0. The molecule has 8 heteroatoms. The van der Waals surface area contributed by atoms with Crippen LogP contribution in [0, 0.1) is 0 Å². The molecule has 1 aromatic rings. The van der Waals surface area contributed by atoms with Gasteiger partial charge in [0.2, 0.25) is 14.9 Å². The molecule has 7 nitrogen and oxygen atoms in total. The van der Waals surface area contributed by atoms with Crippen molar-refractivity contribution in [1.29, 1.82) is 0 Å². The first kappa shape index (κ1) is 11.6. The fourth-order valence-electron chi connectivity index (χ4n) is 0.979. The van der Waals surface area contributed by atoms with E-state index in [0.717, 1.165) is 0 Å². The lowest BCUT2D eigenvalue weighted by Gasteiger charge is -1.99. The number of unbranched alkanes of at least 4 members (excludes halogenated alkanes) is 1. The van der Waals surface area contributed by atoms with Gasteiger partial charge in [-0.15, -0.1) is 0 Å². The van der Waals surface area contributed by atoms with Crippen LogP contribution in [0.2, 0.25) is 0 Å². The maximum atomic E-state index is 11.5. The largest absolute Gasteiger partial charge is 0.342 e. The van der Waals surface area contributed by atoms with Crippen LogP contribution in [-0.2, 0) is 9.84 Å². The Labute approximate surface area is 85.5 Å². The zero-order chi connectivity index (χ0) is 11.5. The van der Waals surface area contributed by atoms with Crippen molar-refractivity contribution in [1.82, 2.24) is 15.2 Å². The fourth-order valence-corrected chi connectivity index (χ4v) is 2.36. The minimum absolute atomic E-state index is 0.147. The van der Waals surface area contributed by atoms with Gasteiger partial charge in [-0.1, -0.05) is 13.3 Å². The molecular formula is C7H11N3O4S. The number of hydrogen-bond acceptors (Lipinski definition) is 5. The van der Waals surface area contributed by atoms with E-state index in [1.807, 2.05) is 17.0 Å². The minimum Gasteiger partial charge on any atom is -0.270 e. The summed E-state index contributed by atoms with van der Waals surface area (Å²) in [6.45, 7) is 1.83. The zero-order valence-corrected chi connectivity index (χ0v) is 8.93. The summed E-state index contributed by atoms with van der Waals surface area (Å²) >= 11 is 0. The molecule has 0 bridgehead atoms. The maximum absolute atomic E-state index is 11.5. The van der Waals surface area contributed by atoms with Gasteiger partial charge < -0.3 is 0 Å². The van der Waals surface area contributed by atoms with Gasteiger partial charge in [0.15, 0.2) is 0 Å². The molecular weight excluding hydrogens is 222 g/mol. The molecule has 0 aromatic carbocycles. The quantitative estimate of drug-likeness (QED) is 0.694. The van der Waals surface area contributed by atoms with E-state index in [4.69, 9.17) is 0 Å². The van der Waals surface area contributed by atoms with Crippen molar-refractivity contribution < 1.29 is 8.42 Å². The lowest BCUT2D eigenvalue weighted by Crippen LogP contribution is -2.30. The molecule has 1 rings (SSSR count). The Morgan fingerprint density at radius 3 is 2.53 bits per heavy atom.